The van der Waals surface area contributed by atoms with E-state index in [4.69, 9.17) is 0 Å². The summed E-state index contributed by atoms with van der Waals surface area (Å²) in [7, 11) is 0. The molecule has 1 amide bonds. The number of carbonyl (C=O) groups is 1. The molecule has 104 valence electrons. The van der Waals surface area contributed by atoms with Gasteiger partial charge in [0.1, 0.15) is 0 Å². The summed E-state index contributed by atoms with van der Waals surface area (Å²) in [6.45, 7) is 1.36. The molecule has 0 bridgehead atoms. The van der Waals surface area contributed by atoms with Gasteiger partial charge in [-0.3, -0.25) is 4.79 Å². The van der Waals surface area contributed by atoms with Gasteiger partial charge >= 0.3 is 6.18 Å². The minimum absolute atomic E-state index is 0.0350. The van der Waals surface area contributed by atoms with E-state index in [0.29, 0.717) is 6.54 Å². The third-order valence-electron chi connectivity index (χ3n) is 3.12. The zero-order valence-corrected chi connectivity index (χ0v) is 10.3. The van der Waals surface area contributed by atoms with Crippen LogP contribution in [0.3, 0.4) is 0 Å². The van der Waals surface area contributed by atoms with Gasteiger partial charge in [0.2, 0.25) is 0 Å². The molecular formula is C13H15F3N2O. The summed E-state index contributed by atoms with van der Waals surface area (Å²) in [4.78, 5) is 11.8. The van der Waals surface area contributed by atoms with E-state index in [1.165, 1.54) is 12.1 Å². The molecule has 6 heteroatoms. The molecule has 1 aliphatic heterocycles. The lowest BCUT2D eigenvalue weighted by atomic mass is 10.1. The number of benzene rings is 1. The Morgan fingerprint density at radius 1 is 1.42 bits per heavy atom. The van der Waals surface area contributed by atoms with Crippen LogP contribution in [-0.2, 0) is 6.18 Å². The van der Waals surface area contributed by atoms with Crippen LogP contribution in [0.25, 0.3) is 0 Å². The van der Waals surface area contributed by atoms with E-state index in [0.717, 1.165) is 31.5 Å². The monoisotopic (exact) mass is 272 g/mol. The van der Waals surface area contributed by atoms with Gasteiger partial charge in [0.25, 0.3) is 5.91 Å². The molecule has 1 aromatic rings. The van der Waals surface area contributed by atoms with Gasteiger partial charge in [0.05, 0.1) is 5.56 Å². The van der Waals surface area contributed by atoms with Crippen LogP contribution < -0.4 is 10.6 Å². The summed E-state index contributed by atoms with van der Waals surface area (Å²) in [5, 5.41) is 5.86. The maximum atomic E-state index is 12.5. The molecular weight excluding hydrogens is 257 g/mol. The molecule has 0 aliphatic carbocycles. The first-order chi connectivity index (χ1) is 8.97. The number of hydrogen-bond donors (Lipinski definition) is 2. The maximum absolute atomic E-state index is 12.5. The molecule has 0 aromatic heterocycles. The summed E-state index contributed by atoms with van der Waals surface area (Å²) < 4.78 is 37.6. The molecule has 2 N–H and O–H groups in total. The Hall–Kier alpha value is -1.56. The quantitative estimate of drug-likeness (QED) is 0.885. The standard InChI is InChI=1S/C13H15F3N2O/c14-13(15,16)10-4-1-3-9(7-10)12(19)18-8-11-5-2-6-17-11/h1,3-4,7,11,17H,2,5-6,8H2,(H,18,19)/t11-/m1/s1. The number of rotatable bonds is 3. The molecule has 3 nitrogen and oxygen atoms in total. The Balaban J connectivity index is 1.98. The van der Waals surface area contributed by atoms with Crippen molar-refractivity contribution in [1.82, 2.24) is 10.6 Å². The van der Waals surface area contributed by atoms with Gasteiger partial charge in [-0.25, -0.2) is 0 Å². The fourth-order valence-corrected chi connectivity index (χ4v) is 2.09. The van der Waals surface area contributed by atoms with Crippen molar-refractivity contribution < 1.29 is 18.0 Å². The lowest BCUT2D eigenvalue weighted by Crippen LogP contribution is -2.37. The van der Waals surface area contributed by atoms with Gasteiger partial charge in [-0.05, 0) is 37.6 Å². The van der Waals surface area contributed by atoms with E-state index in [-0.39, 0.29) is 11.6 Å². The zero-order chi connectivity index (χ0) is 13.9. The number of alkyl halides is 3. The summed E-state index contributed by atoms with van der Waals surface area (Å²) in [5.41, 5.74) is -0.771. The molecule has 1 fully saturated rings. The van der Waals surface area contributed by atoms with Crippen LogP contribution in [0.15, 0.2) is 24.3 Å². The average molecular weight is 272 g/mol. The van der Waals surface area contributed by atoms with Gasteiger partial charge in [-0.2, -0.15) is 13.2 Å². The van der Waals surface area contributed by atoms with Crippen molar-refractivity contribution in [2.75, 3.05) is 13.1 Å². The Bertz CT molecular complexity index is 453. The Kier molecular flexibility index (Phi) is 4.09. The SMILES string of the molecule is O=C(NC[C@H]1CCCN1)c1cccc(C(F)(F)F)c1. The number of amides is 1. The van der Waals surface area contributed by atoms with Crippen molar-refractivity contribution in [3.63, 3.8) is 0 Å². The van der Waals surface area contributed by atoms with Crippen molar-refractivity contribution in [3.8, 4) is 0 Å². The van der Waals surface area contributed by atoms with Crippen molar-refractivity contribution >= 4 is 5.91 Å². The van der Waals surface area contributed by atoms with Gasteiger partial charge in [0, 0.05) is 18.2 Å². The first-order valence-corrected chi connectivity index (χ1v) is 6.15. The van der Waals surface area contributed by atoms with Gasteiger partial charge in [-0.15, -0.1) is 0 Å². The fourth-order valence-electron chi connectivity index (χ4n) is 2.09. The Morgan fingerprint density at radius 2 is 2.21 bits per heavy atom. The van der Waals surface area contributed by atoms with Crippen molar-refractivity contribution in [2.45, 2.75) is 25.1 Å². The molecule has 0 radical (unpaired) electrons. The van der Waals surface area contributed by atoms with Crippen LogP contribution in [0.1, 0.15) is 28.8 Å². The normalized spacial score (nSPS) is 19.4. The maximum Gasteiger partial charge on any atom is 0.416 e. The molecule has 1 aromatic carbocycles. The minimum Gasteiger partial charge on any atom is -0.350 e. The van der Waals surface area contributed by atoms with E-state index in [9.17, 15) is 18.0 Å². The zero-order valence-electron chi connectivity index (χ0n) is 10.3. The highest BCUT2D eigenvalue weighted by molar-refractivity contribution is 5.94. The Morgan fingerprint density at radius 3 is 2.84 bits per heavy atom. The smallest absolute Gasteiger partial charge is 0.350 e. The molecule has 2 rings (SSSR count). The fraction of sp³-hybridized carbons (Fsp3) is 0.462. The third kappa shape index (κ3) is 3.70. The van der Waals surface area contributed by atoms with Gasteiger partial charge < -0.3 is 10.6 Å². The molecule has 1 saturated heterocycles. The third-order valence-corrected chi connectivity index (χ3v) is 3.12. The second kappa shape index (κ2) is 5.61. The molecule has 1 atom stereocenters. The van der Waals surface area contributed by atoms with Crippen molar-refractivity contribution in [2.24, 2.45) is 0 Å². The summed E-state index contributed by atoms with van der Waals surface area (Å²) >= 11 is 0. The van der Waals surface area contributed by atoms with E-state index < -0.39 is 17.6 Å². The van der Waals surface area contributed by atoms with Crippen molar-refractivity contribution in [3.05, 3.63) is 35.4 Å². The highest BCUT2D eigenvalue weighted by Gasteiger charge is 2.30. The summed E-state index contributed by atoms with van der Waals surface area (Å²) in [5.74, 6) is -0.472. The number of hydrogen-bond acceptors (Lipinski definition) is 2. The van der Waals surface area contributed by atoms with E-state index in [2.05, 4.69) is 10.6 Å². The lowest BCUT2D eigenvalue weighted by molar-refractivity contribution is -0.137. The number of halogens is 3. The van der Waals surface area contributed by atoms with E-state index >= 15 is 0 Å². The summed E-state index contributed by atoms with van der Waals surface area (Å²) in [6.07, 6.45) is -2.39. The lowest BCUT2D eigenvalue weighted by Gasteiger charge is -2.12. The van der Waals surface area contributed by atoms with E-state index in [1.54, 1.807) is 0 Å². The van der Waals surface area contributed by atoms with Crippen molar-refractivity contribution in [1.29, 1.82) is 0 Å². The molecule has 1 aliphatic rings. The highest BCUT2D eigenvalue weighted by Crippen LogP contribution is 2.29. The molecule has 0 unspecified atom stereocenters. The largest absolute Gasteiger partial charge is 0.416 e. The molecule has 1 heterocycles. The van der Waals surface area contributed by atoms with Crippen LogP contribution in [-0.4, -0.2) is 25.0 Å². The minimum atomic E-state index is -4.43. The number of nitrogens with one attached hydrogen (secondary N) is 2. The highest BCUT2D eigenvalue weighted by atomic mass is 19.4. The first kappa shape index (κ1) is 13.9. The predicted molar refractivity (Wildman–Crippen MR) is 64.8 cm³/mol. The van der Waals surface area contributed by atoms with Crippen LogP contribution in [0.2, 0.25) is 0 Å². The van der Waals surface area contributed by atoms with Crippen LogP contribution in [0.4, 0.5) is 13.2 Å². The van der Waals surface area contributed by atoms with E-state index in [1.807, 2.05) is 0 Å². The molecule has 0 spiro atoms. The molecule has 0 saturated carbocycles. The second-order valence-electron chi connectivity index (χ2n) is 4.58. The molecule has 19 heavy (non-hydrogen) atoms. The Labute approximate surface area is 109 Å². The second-order valence-corrected chi connectivity index (χ2v) is 4.58. The average Bonchev–Trinajstić information content (AvgIpc) is 2.88. The van der Waals surface area contributed by atoms with Gasteiger partial charge in [-0.1, -0.05) is 6.07 Å². The van der Waals surface area contributed by atoms with Crippen LogP contribution in [0.5, 0.6) is 0 Å². The predicted octanol–water partition coefficient (Wildman–Crippen LogP) is 2.19. The summed E-state index contributed by atoms with van der Waals surface area (Å²) in [6, 6.07) is 4.67. The van der Waals surface area contributed by atoms with Gasteiger partial charge in [0.15, 0.2) is 0 Å². The first-order valence-electron chi connectivity index (χ1n) is 6.15. The topological polar surface area (TPSA) is 41.1 Å². The van der Waals surface area contributed by atoms with Crippen LogP contribution >= 0.6 is 0 Å². The number of carbonyl (C=O) groups excluding carboxylic acids is 1. The van der Waals surface area contributed by atoms with Crippen LogP contribution in [0, 0.1) is 0 Å².